The van der Waals surface area contributed by atoms with Gasteiger partial charge in [0.25, 0.3) is 5.56 Å². The number of aryl methyl sites for hydroxylation is 3. The van der Waals surface area contributed by atoms with Crippen LogP contribution >= 0.6 is 22.7 Å². The van der Waals surface area contributed by atoms with Crippen LogP contribution in [0.25, 0.3) is 31.6 Å². The molecule has 0 bridgehead atoms. The quantitative estimate of drug-likeness (QED) is 0.274. The lowest BCUT2D eigenvalue weighted by atomic mass is 9.84. The van der Waals surface area contributed by atoms with Crippen LogP contribution in [0.2, 0.25) is 0 Å². The number of aliphatic carboxylic acids is 1. The number of hydrogen-bond donors (Lipinski definition) is 1. The fourth-order valence-corrected chi connectivity index (χ4v) is 7.37. The number of alkyl halides is 3. The normalized spacial score (nSPS) is 14.9. The standard InChI is InChI=1S/C26H25F3N2O3S2/c1-2-11-31-23(32)21(16(25(33)34)9-10-26(27,28)29)20(14-7-8-17-19(12-14)35-13-30-17)22-15-5-3-4-6-18(15)36-24(22)31/h7-8,12-13,16H,2-6,9-11H2,1H3,(H,33,34). The van der Waals surface area contributed by atoms with E-state index in [0.717, 1.165) is 51.7 Å². The zero-order valence-electron chi connectivity index (χ0n) is 19.7. The molecule has 36 heavy (non-hydrogen) atoms. The molecule has 1 atom stereocenters. The molecule has 0 saturated carbocycles. The molecule has 0 spiro atoms. The highest BCUT2D eigenvalue weighted by Crippen LogP contribution is 2.45. The summed E-state index contributed by atoms with van der Waals surface area (Å²) < 4.78 is 42.1. The molecule has 1 N–H and O–H groups in total. The van der Waals surface area contributed by atoms with Gasteiger partial charge in [0.05, 0.1) is 21.6 Å². The van der Waals surface area contributed by atoms with Crippen molar-refractivity contribution in [2.24, 2.45) is 0 Å². The van der Waals surface area contributed by atoms with Crippen molar-refractivity contribution in [1.82, 2.24) is 9.55 Å². The maximum absolute atomic E-state index is 14.0. The van der Waals surface area contributed by atoms with Crippen molar-refractivity contribution in [2.45, 2.75) is 70.5 Å². The fourth-order valence-electron chi connectivity index (χ4n) is 5.24. The van der Waals surface area contributed by atoms with E-state index in [1.165, 1.54) is 16.2 Å². The van der Waals surface area contributed by atoms with E-state index in [9.17, 15) is 27.9 Å². The molecule has 4 aromatic rings. The molecule has 5 rings (SSSR count). The highest BCUT2D eigenvalue weighted by Gasteiger charge is 2.36. The van der Waals surface area contributed by atoms with Crippen molar-refractivity contribution in [2.75, 3.05) is 0 Å². The van der Waals surface area contributed by atoms with Gasteiger partial charge in [-0.15, -0.1) is 22.7 Å². The number of benzene rings is 1. The van der Waals surface area contributed by atoms with Crippen LogP contribution in [0.5, 0.6) is 0 Å². The summed E-state index contributed by atoms with van der Waals surface area (Å²) in [5, 5.41) is 11.0. The number of thiophene rings is 1. The van der Waals surface area contributed by atoms with Crippen LogP contribution in [0.1, 0.15) is 60.9 Å². The first kappa shape index (κ1) is 25.0. The van der Waals surface area contributed by atoms with E-state index >= 15 is 0 Å². The third kappa shape index (κ3) is 4.45. The minimum absolute atomic E-state index is 0.0391. The maximum Gasteiger partial charge on any atom is 0.389 e. The van der Waals surface area contributed by atoms with Crippen LogP contribution in [0, 0.1) is 0 Å². The average Bonchev–Trinajstić information content (AvgIpc) is 3.45. The Morgan fingerprint density at radius 2 is 2.03 bits per heavy atom. The van der Waals surface area contributed by atoms with Gasteiger partial charge in [0.2, 0.25) is 0 Å². The number of carboxylic acids is 1. The summed E-state index contributed by atoms with van der Waals surface area (Å²) in [6.07, 6.45) is -2.14. The van der Waals surface area contributed by atoms with E-state index in [0.29, 0.717) is 24.1 Å². The third-order valence-corrected chi connectivity index (χ3v) is 8.93. The maximum atomic E-state index is 14.0. The van der Waals surface area contributed by atoms with E-state index < -0.39 is 36.5 Å². The third-order valence-electron chi connectivity index (χ3n) is 6.82. The van der Waals surface area contributed by atoms with Gasteiger partial charge in [0, 0.05) is 34.4 Å². The molecule has 0 saturated heterocycles. The Bertz CT molecular complexity index is 1520. The molecular formula is C26H25F3N2O3S2. The zero-order valence-corrected chi connectivity index (χ0v) is 21.3. The van der Waals surface area contributed by atoms with E-state index in [2.05, 4.69) is 4.98 Å². The van der Waals surface area contributed by atoms with Crippen LogP contribution in [-0.4, -0.2) is 26.8 Å². The lowest BCUT2D eigenvalue weighted by molar-refractivity contribution is -0.145. The molecule has 0 amide bonds. The van der Waals surface area contributed by atoms with Gasteiger partial charge in [-0.3, -0.25) is 14.2 Å². The Morgan fingerprint density at radius 3 is 2.75 bits per heavy atom. The van der Waals surface area contributed by atoms with Gasteiger partial charge in [-0.1, -0.05) is 13.0 Å². The molecule has 0 radical (unpaired) electrons. The van der Waals surface area contributed by atoms with Crippen LogP contribution in [-0.2, 0) is 24.2 Å². The Balaban J connectivity index is 1.89. The van der Waals surface area contributed by atoms with Crippen LogP contribution < -0.4 is 5.56 Å². The summed E-state index contributed by atoms with van der Waals surface area (Å²) in [6, 6.07) is 5.50. The van der Waals surface area contributed by atoms with Crippen molar-refractivity contribution in [1.29, 1.82) is 0 Å². The zero-order chi connectivity index (χ0) is 25.6. The molecule has 0 aliphatic heterocycles. The smallest absolute Gasteiger partial charge is 0.389 e. The topological polar surface area (TPSA) is 72.2 Å². The van der Waals surface area contributed by atoms with Crippen molar-refractivity contribution < 1.29 is 23.1 Å². The van der Waals surface area contributed by atoms with E-state index in [-0.39, 0.29) is 5.56 Å². The minimum atomic E-state index is -4.52. The first-order valence-electron chi connectivity index (χ1n) is 12.0. The van der Waals surface area contributed by atoms with E-state index in [1.54, 1.807) is 27.5 Å². The monoisotopic (exact) mass is 534 g/mol. The highest BCUT2D eigenvalue weighted by molar-refractivity contribution is 7.19. The largest absolute Gasteiger partial charge is 0.481 e. The molecule has 1 aliphatic rings. The summed E-state index contributed by atoms with van der Waals surface area (Å²) >= 11 is 2.99. The Hall–Kier alpha value is -2.72. The van der Waals surface area contributed by atoms with Crippen LogP contribution in [0.15, 0.2) is 28.5 Å². The van der Waals surface area contributed by atoms with Crippen molar-refractivity contribution >= 4 is 49.1 Å². The molecule has 3 aromatic heterocycles. The molecule has 1 aliphatic carbocycles. The predicted molar refractivity (Wildman–Crippen MR) is 137 cm³/mol. The number of carbonyl (C=O) groups is 1. The number of fused-ring (bicyclic) bond motifs is 4. The second kappa shape index (κ2) is 9.63. The molecule has 190 valence electrons. The second-order valence-electron chi connectivity index (χ2n) is 9.22. The lowest BCUT2D eigenvalue weighted by Crippen LogP contribution is -2.30. The fraction of sp³-hybridized carbons (Fsp3) is 0.423. The number of hydrogen-bond acceptors (Lipinski definition) is 5. The number of nitrogens with zero attached hydrogens (tertiary/aromatic N) is 2. The molecule has 1 unspecified atom stereocenters. The SMILES string of the molecule is CCCn1c(=O)c(C(CCC(F)(F)F)C(=O)O)c(-c2ccc3ncsc3c2)c2c3c(sc21)CCCC3. The summed E-state index contributed by atoms with van der Waals surface area (Å²) in [6.45, 7) is 2.30. The minimum Gasteiger partial charge on any atom is -0.481 e. The Kier molecular flexibility index (Phi) is 6.67. The first-order valence-corrected chi connectivity index (χ1v) is 13.7. The first-order chi connectivity index (χ1) is 17.2. The number of rotatable bonds is 7. The average molecular weight is 535 g/mol. The highest BCUT2D eigenvalue weighted by atomic mass is 32.1. The van der Waals surface area contributed by atoms with Gasteiger partial charge < -0.3 is 5.11 Å². The summed E-state index contributed by atoms with van der Waals surface area (Å²) in [5.41, 5.74) is 4.18. The number of pyridine rings is 1. The van der Waals surface area contributed by atoms with Crippen molar-refractivity contribution in [3.05, 3.63) is 50.1 Å². The number of thiazole rings is 1. The van der Waals surface area contributed by atoms with Gasteiger partial charge >= 0.3 is 12.1 Å². The Labute approximate surface area is 213 Å². The number of carboxylic acid groups (broad SMARTS) is 1. The molecule has 1 aromatic carbocycles. The molecular weight excluding hydrogens is 509 g/mol. The van der Waals surface area contributed by atoms with E-state index in [4.69, 9.17) is 0 Å². The van der Waals surface area contributed by atoms with Gasteiger partial charge in [-0.25, -0.2) is 4.98 Å². The summed E-state index contributed by atoms with van der Waals surface area (Å²) in [5.74, 6) is -2.99. The van der Waals surface area contributed by atoms with Gasteiger partial charge in [0.15, 0.2) is 0 Å². The van der Waals surface area contributed by atoms with Gasteiger partial charge in [-0.05, 0) is 61.8 Å². The summed E-state index contributed by atoms with van der Waals surface area (Å²) in [7, 11) is 0. The number of aromatic nitrogens is 2. The van der Waals surface area contributed by atoms with Crippen molar-refractivity contribution in [3.63, 3.8) is 0 Å². The van der Waals surface area contributed by atoms with Crippen molar-refractivity contribution in [3.8, 4) is 11.1 Å². The number of halogens is 3. The second-order valence-corrected chi connectivity index (χ2v) is 11.2. The van der Waals surface area contributed by atoms with Crippen LogP contribution in [0.3, 0.4) is 0 Å². The molecule has 0 fully saturated rings. The lowest BCUT2D eigenvalue weighted by Gasteiger charge is -2.22. The van der Waals surface area contributed by atoms with Crippen LogP contribution in [0.4, 0.5) is 13.2 Å². The Morgan fingerprint density at radius 1 is 1.25 bits per heavy atom. The predicted octanol–water partition coefficient (Wildman–Crippen LogP) is 7.14. The van der Waals surface area contributed by atoms with Gasteiger partial charge in [0.1, 0.15) is 4.83 Å². The molecule has 5 nitrogen and oxygen atoms in total. The molecule has 3 heterocycles. The van der Waals surface area contributed by atoms with Gasteiger partial charge in [-0.2, -0.15) is 13.2 Å². The molecule has 10 heteroatoms. The summed E-state index contributed by atoms with van der Waals surface area (Å²) in [4.78, 5) is 32.7. The van der Waals surface area contributed by atoms with E-state index in [1.807, 2.05) is 19.1 Å².